The normalized spacial score (nSPS) is 11.1. The Labute approximate surface area is 99.8 Å². The lowest BCUT2D eigenvalue weighted by molar-refractivity contribution is 0.0688. The first-order chi connectivity index (χ1) is 8.15. The van der Waals surface area contributed by atoms with Gasteiger partial charge in [-0.05, 0) is 6.07 Å². The highest BCUT2D eigenvalue weighted by atomic mass is 32.1. The topological polar surface area (TPSA) is 72.4 Å². The average molecular weight is 248 g/mol. The van der Waals surface area contributed by atoms with Gasteiger partial charge < -0.3 is 9.67 Å². The zero-order valence-electron chi connectivity index (χ0n) is 8.86. The Morgan fingerprint density at radius 3 is 3.00 bits per heavy atom. The van der Waals surface area contributed by atoms with Crippen LogP contribution in [0.25, 0.3) is 16.3 Å². The Morgan fingerprint density at radius 1 is 1.53 bits per heavy atom. The molecule has 86 valence electrons. The molecule has 1 N–H and O–H groups in total. The van der Waals surface area contributed by atoms with Crippen molar-refractivity contribution in [1.29, 1.82) is 0 Å². The van der Waals surface area contributed by atoms with E-state index in [1.165, 1.54) is 21.2 Å². The minimum absolute atomic E-state index is 0.139. The summed E-state index contributed by atoms with van der Waals surface area (Å²) < 4.78 is 3.25. The predicted molar refractivity (Wildman–Crippen MR) is 62.2 cm³/mol. The molecule has 0 aromatic carbocycles. The molecule has 0 unspecified atom stereocenters. The number of carboxylic acid groups (broad SMARTS) is 1. The quantitative estimate of drug-likeness (QED) is 0.745. The van der Waals surface area contributed by atoms with Gasteiger partial charge in [-0.2, -0.15) is 9.50 Å². The van der Waals surface area contributed by atoms with E-state index in [-0.39, 0.29) is 5.69 Å². The van der Waals surface area contributed by atoms with Crippen LogP contribution in [0.5, 0.6) is 0 Å². The third kappa shape index (κ3) is 1.51. The van der Waals surface area contributed by atoms with Crippen LogP contribution in [0.4, 0.5) is 0 Å². The number of thiazole rings is 1. The summed E-state index contributed by atoms with van der Waals surface area (Å²) in [5.41, 5.74) is 1.01. The number of aromatic carboxylic acids is 1. The Bertz CT molecular complexity index is 709. The molecule has 3 rings (SSSR count). The van der Waals surface area contributed by atoms with Crippen LogP contribution in [0, 0.1) is 0 Å². The molecule has 17 heavy (non-hydrogen) atoms. The lowest BCUT2D eigenvalue weighted by Crippen LogP contribution is -2.01. The molecule has 0 aliphatic heterocycles. The molecule has 0 saturated carbocycles. The first kappa shape index (κ1) is 10.0. The molecule has 6 nitrogen and oxygen atoms in total. The molecule has 0 spiro atoms. The van der Waals surface area contributed by atoms with E-state index in [1.54, 1.807) is 0 Å². The van der Waals surface area contributed by atoms with Gasteiger partial charge in [-0.3, -0.25) is 0 Å². The van der Waals surface area contributed by atoms with Crippen LogP contribution >= 0.6 is 11.3 Å². The van der Waals surface area contributed by atoms with Crippen molar-refractivity contribution < 1.29 is 9.90 Å². The zero-order chi connectivity index (χ0) is 12.0. The van der Waals surface area contributed by atoms with Crippen molar-refractivity contribution >= 4 is 22.3 Å². The van der Waals surface area contributed by atoms with E-state index in [0.717, 1.165) is 5.56 Å². The van der Waals surface area contributed by atoms with Gasteiger partial charge in [0, 0.05) is 30.4 Å². The number of hydrogen-bond donors (Lipinski definition) is 1. The summed E-state index contributed by atoms with van der Waals surface area (Å²) in [4.78, 5) is 15.8. The summed E-state index contributed by atoms with van der Waals surface area (Å²) in [7, 11) is 1.91. The monoisotopic (exact) mass is 248 g/mol. The molecule has 0 aliphatic carbocycles. The Hall–Kier alpha value is -2.15. The largest absolute Gasteiger partial charge is 0.476 e. The van der Waals surface area contributed by atoms with Gasteiger partial charge >= 0.3 is 5.97 Å². The maximum atomic E-state index is 10.9. The van der Waals surface area contributed by atoms with Gasteiger partial charge in [-0.25, -0.2) is 4.79 Å². The first-order valence-corrected chi connectivity index (χ1v) is 5.73. The molecular formula is C10H8N4O2S. The van der Waals surface area contributed by atoms with Gasteiger partial charge in [-0.1, -0.05) is 0 Å². The van der Waals surface area contributed by atoms with Gasteiger partial charge in [0.2, 0.25) is 4.96 Å². The van der Waals surface area contributed by atoms with Crippen molar-refractivity contribution in [2.24, 2.45) is 7.05 Å². The van der Waals surface area contributed by atoms with Crippen LogP contribution in [0.1, 0.15) is 10.5 Å². The van der Waals surface area contributed by atoms with E-state index >= 15 is 0 Å². The number of aryl methyl sites for hydroxylation is 1. The van der Waals surface area contributed by atoms with E-state index in [2.05, 4.69) is 10.1 Å². The van der Waals surface area contributed by atoms with Gasteiger partial charge in [0.15, 0.2) is 11.5 Å². The fourth-order valence-corrected chi connectivity index (χ4v) is 2.38. The standard InChI is InChI=1S/C10H8N4O2S/c1-13-3-2-6(4-13)8-11-10-14(12-8)7(5-17-10)9(15)16/h2-5H,1H3,(H,15,16). The van der Waals surface area contributed by atoms with Crippen LogP contribution in [0.2, 0.25) is 0 Å². The Morgan fingerprint density at radius 2 is 2.35 bits per heavy atom. The predicted octanol–water partition coefficient (Wildman–Crippen LogP) is 1.49. The highest BCUT2D eigenvalue weighted by molar-refractivity contribution is 7.15. The lowest BCUT2D eigenvalue weighted by Gasteiger charge is -1.89. The summed E-state index contributed by atoms with van der Waals surface area (Å²) in [6, 6.07) is 1.89. The molecule has 0 saturated heterocycles. The van der Waals surface area contributed by atoms with Crippen LogP contribution < -0.4 is 0 Å². The molecule has 3 aromatic rings. The average Bonchev–Trinajstić information content (AvgIpc) is 2.89. The summed E-state index contributed by atoms with van der Waals surface area (Å²) >= 11 is 1.27. The Balaban J connectivity index is 2.17. The highest BCUT2D eigenvalue weighted by Crippen LogP contribution is 2.20. The van der Waals surface area contributed by atoms with Gasteiger partial charge in [0.25, 0.3) is 0 Å². The third-order valence-electron chi connectivity index (χ3n) is 2.39. The molecule has 3 aromatic heterocycles. The molecule has 7 heteroatoms. The Kier molecular flexibility index (Phi) is 2.02. The third-order valence-corrected chi connectivity index (χ3v) is 3.21. The van der Waals surface area contributed by atoms with E-state index in [0.29, 0.717) is 10.8 Å². The van der Waals surface area contributed by atoms with Crippen molar-refractivity contribution in [2.75, 3.05) is 0 Å². The van der Waals surface area contributed by atoms with Crippen molar-refractivity contribution in [1.82, 2.24) is 19.2 Å². The van der Waals surface area contributed by atoms with E-state index in [4.69, 9.17) is 5.11 Å². The molecule has 0 aliphatic rings. The second kappa shape index (κ2) is 3.42. The van der Waals surface area contributed by atoms with Crippen molar-refractivity contribution in [3.63, 3.8) is 0 Å². The number of aromatic nitrogens is 4. The second-order valence-corrected chi connectivity index (χ2v) is 4.46. The summed E-state index contributed by atoms with van der Waals surface area (Å²) in [5.74, 6) is -0.458. The number of fused-ring (bicyclic) bond motifs is 1. The second-order valence-electron chi connectivity index (χ2n) is 3.62. The molecule has 0 fully saturated rings. The van der Waals surface area contributed by atoms with Crippen LogP contribution in [-0.2, 0) is 7.05 Å². The number of rotatable bonds is 2. The molecule has 0 radical (unpaired) electrons. The fraction of sp³-hybridized carbons (Fsp3) is 0.100. The highest BCUT2D eigenvalue weighted by Gasteiger charge is 2.15. The number of nitrogens with zero attached hydrogens (tertiary/aromatic N) is 4. The van der Waals surface area contributed by atoms with Crippen molar-refractivity contribution in [2.45, 2.75) is 0 Å². The molecule has 0 amide bonds. The van der Waals surface area contributed by atoms with Gasteiger partial charge in [0.1, 0.15) is 0 Å². The van der Waals surface area contributed by atoms with Gasteiger partial charge in [-0.15, -0.1) is 16.4 Å². The van der Waals surface area contributed by atoms with Crippen LogP contribution in [-0.4, -0.2) is 30.2 Å². The summed E-state index contributed by atoms with van der Waals surface area (Å²) in [5, 5.41) is 14.7. The fourth-order valence-electron chi connectivity index (χ4n) is 1.59. The SMILES string of the molecule is Cn1ccc(-c2nc3scc(C(=O)O)n3n2)c1. The van der Waals surface area contributed by atoms with Crippen molar-refractivity contribution in [3.8, 4) is 11.4 Å². The first-order valence-electron chi connectivity index (χ1n) is 4.85. The maximum Gasteiger partial charge on any atom is 0.355 e. The molecule has 0 atom stereocenters. The van der Waals surface area contributed by atoms with Gasteiger partial charge in [0.05, 0.1) is 0 Å². The van der Waals surface area contributed by atoms with E-state index < -0.39 is 5.97 Å². The van der Waals surface area contributed by atoms with E-state index in [9.17, 15) is 4.79 Å². The van der Waals surface area contributed by atoms with Crippen molar-refractivity contribution in [3.05, 3.63) is 29.5 Å². The molecule has 3 heterocycles. The number of carbonyl (C=O) groups is 1. The smallest absolute Gasteiger partial charge is 0.355 e. The summed E-state index contributed by atoms with van der Waals surface area (Å²) in [6.45, 7) is 0. The summed E-state index contributed by atoms with van der Waals surface area (Å²) in [6.07, 6.45) is 3.78. The minimum atomic E-state index is -0.999. The molecular weight excluding hydrogens is 240 g/mol. The maximum absolute atomic E-state index is 10.9. The number of carboxylic acids is 1. The number of hydrogen-bond acceptors (Lipinski definition) is 4. The zero-order valence-corrected chi connectivity index (χ0v) is 9.68. The minimum Gasteiger partial charge on any atom is -0.476 e. The lowest BCUT2D eigenvalue weighted by atomic mass is 10.3. The van der Waals surface area contributed by atoms with Crippen LogP contribution in [0.15, 0.2) is 23.8 Å². The molecule has 0 bridgehead atoms. The van der Waals surface area contributed by atoms with E-state index in [1.807, 2.05) is 30.1 Å². The van der Waals surface area contributed by atoms with Crippen LogP contribution in [0.3, 0.4) is 0 Å².